The molecule has 0 bridgehead atoms. The molecule has 0 unspecified atom stereocenters. The van der Waals surface area contributed by atoms with E-state index in [4.69, 9.17) is 0 Å². The van der Waals surface area contributed by atoms with Gasteiger partial charge in [0.2, 0.25) is 0 Å². The highest BCUT2D eigenvalue weighted by Crippen LogP contribution is 2.19. The van der Waals surface area contributed by atoms with Crippen molar-refractivity contribution < 1.29 is 0 Å². The van der Waals surface area contributed by atoms with Crippen molar-refractivity contribution in [3.8, 4) is 0 Å². The van der Waals surface area contributed by atoms with E-state index in [0.717, 1.165) is 5.33 Å². The van der Waals surface area contributed by atoms with Crippen molar-refractivity contribution in [2.45, 2.75) is 34.1 Å². The predicted octanol–water partition coefficient (Wildman–Crippen LogP) is 3.14. The Labute approximate surface area is 85.7 Å². The third-order valence-electron chi connectivity index (χ3n) is 2.00. The molecule has 0 aliphatic rings. The maximum absolute atomic E-state index is 3.55. The highest BCUT2D eigenvalue weighted by atomic mass is 79.9. The number of halogens is 1. The van der Waals surface area contributed by atoms with Crippen LogP contribution < -0.4 is 0 Å². The van der Waals surface area contributed by atoms with Gasteiger partial charge in [-0.15, -0.1) is 0 Å². The Morgan fingerprint density at radius 2 is 1.83 bits per heavy atom. The summed E-state index contributed by atoms with van der Waals surface area (Å²) in [6, 6.07) is 0. The highest BCUT2D eigenvalue weighted by Gasteiger charge is 2.18. The Morgan fingerprint density at radius 3 is 2.17 bits per heavy atom. The quantitative estimate of drug-likeness (QED) is 0.640. The summed E-state index contributed by atoms with van der Waals surface area (Å²) >= 11 is 3.55. The fourth-order valence-electron chi connectivity index (χ4n) is 1.31. The first-order chi connectivity index (χ1) is 5.55. The Kier molecular flexibility index (Phi) is 6.20. The van der Waals surface area contributed by atoms with Crippen LogP contribution in [-0.4, -0.2) is 29.9 Å². The topological polar surface area (TPSA) is 3.24 Å². The van der Waals surface area contributed by atoms with E-state index >= 15 is 0 Å². The second kappa shape index (κ2) is 5.98. The van der Waals surface area contributed by atoms with Crippen LogP contribution in [0, 0.1) is 5.41 Å². The summed E-state index contributed by atoms with van der Waals surface area (Å²) in [6.07, 6.45) is 1.26. The third kappa shape index (κ3) is 5.15. The molecule has 1 nitrogen and oxygen atoms in total. The van der Waals surface area contributed by atoms with Gasteiger partial charge in [0.25, 0.3) is 0 Å². The molecule has 0 amide bonds. The molecular weight excluding hydrogens is 214 g/mol. The van der Waals surface area contributed by atoms with Gasteiger partial charge < -0.3 is 4.90 Å². The summed E-state index contributed by atoms with van der Waals surface area (Å²) < 4.78 is 0. The Hall–Kier alpha value is 0.440. The first-order valence-electron chi connectivity index (χ1n) is 4.84. The molecule has 0 aromatic rings. The van der Waals surface area contributed by atoms with Crippen molar-refractivity contribution >= 4 is 15.9 Å². The van der Waals surface area contributed by atoms with Crippen molar-refractivity contribution in [3.05, 3.63) is 0 Å². The van der Waals surface area contributed by atoms with E-state index in [1.165, 1.54) is 26.1 Å². The molecule has 0 saturated carbocycles. The van der Waals surface area contributed by atoms with E-state index < -0.39 is 0 Å². The SMILES string of the molecule is CCCN(CC)CC(C)(C)CBr. The van der Waals surface area contributed by atoms with Crippen LogP contribution in [0.25, 0.3) is 0 Å². The summed E-state index contributed by atoms with van der Waals surface area (Å²) in [7, 11) is 0. The van der Waals surface area contributed by atoms with Crippen molar-refractivity contribution in [1.29, 1.82) is 0 Å². The standard InChI is InChI=1S/C10H22BrN/c1-5-7-12(6-2)9-10(3,4)8-11/h5-9H2,1-4H3. The zero-order chi connectivity index (χ0) is 9.61. The van der Waals surface area contributed by atoms with Gasteiger partial charge in [-0.2, -0.15) is 0 Å². The van der Waals surface area contributed by atoms with Gasteiger partial charge in [-0.1, -0.05) is 43.6 Å². The van der Waals surface area contributed by atoms with Crippen LogP contribution >= 0.6 is 15.9 Å². The van der Waals surface area contributed by atoms with Crippen LogP contribution in [0.2, 0.25) is 0 Å². The molecule has 2 heteroatoms. The summed E-state index contributed by atoms with van der Waals surface area (Å²) in [5, 5.41) is 1.08. The first-order valence-corrected chi connectivity index (χ1v) is 5.96. The van der Waals surface area contributed by atoms with Crippen LogP contribution in [0.1, 0.15) is 34.1 Å². The molecule has 0 rings (SSSR count). The molecule has 0 aliphatic heterocycles. The van der Waals surface area contributed by atoms with Crippen LogP contribution in [0.4, 0.5) is 0 Å². The van der Waals surface area contributed by atoms with Gasteiger partial charge in [0.15, 0.2) is 0 Å². The highest BCUT2D eigenvalue weighted by molar-refractivity contribution is 9.09. The second-order valence-electron chi connectivity index (χ2n) is 4.17. The van der Waals surface area contributed by atoms with Gasteiger partial charge >= 0.3 is 0 Å². The minimum atomic E-state index is 0.408. The average molecular weight is 236 g/mol. The average Bonchev–Trinajstić information content (AvgIpc) is 2.03. The van der Waals surface area contributed by atoms with Crippen molar-refractivity contribution in [1.82, 2.24) is 4.90 Å². The molecule has 0 saturated heterocycles. The molecule has 0 N–H and O–H groups in total. The number of alkyl halides is 1. The summed E-state index contributed by atoms with van der Waals surface area (Å²) in [6.45, 7) is 12.7. The molecule has 0 heterocycles. The Morgan fingerprint density at radius 1 is 1.25 bits per heavy atom. The lowest BCUT2D eigenvalue weighted by molar-refractivity contribution is 0.204. The predicted molar refractivity (Wildman–Crippen MR) is 60.0 cm³/mol. The molecule has 74 valence electrons. The van der Waals surface area contributed by atoms with Gasteiger partial charge in [0, 0.05) is 11.9 Å². The summed E-state index contributed by atoms with van der Waals surface area (Å²) in [5.74, 6) is 0. The van der Waals surface area contributed by atoms with Gasteiger partial charge in [-0.3, -0.25) is 0 Å². The molecule has 0 atom stereocenters. The summed E-state index contributed by atoms with van der Waals surface area (Å²) in [5.41, 5.74) is 0.408. The third-order valence-corrected chi connectivity index (χ3v) is 3.52. The van der Waals surface area contributed by atoms with Gasteiger partial charge in [-0.25, -0.2) is 0 Å². The molecule has 0 fully saturated rings. The Balaban J connectivity index is 3.83. The zero-order valence-corrected chi connectivity index (χ0v) is 10.4. The van der Waals surface area contributed by atoms with Crippen LogP contribution in [-0.2, 0) is 0 Å². The van der Waals surface area contributed by atoms with E-state index in [1.807, 2.05) is 0 Å². The van der Waals surface area contributed by atoms with Crippen LogP contribution in [0.15, 0.2) is 0 Å². The zero-order valence-electron chi connectivity index (χ0n) is 8.86. The minimum absolute atomic E-state index is 0.408. The van der Waals surface area contributed by atoms with Crippen molar-refractivity contribution in [2.75, 3.05) is 25.0 Å². The maximum atomic E-state index is 3.55. The number of hydrogen-bond acceptors (Lipinski definition) is 1. The van der Waals surface area contributed by atoms with Gasteiger partial charge in [0.05, 0.1) is 0 Å². The van der Waals surface area contributed by atoms with E-state index in [0.29, 0.717) is 5.41 Å². The van der Waals surface area contributed by atoms with E-state index in [1.54, 1.807) is 0 Å². The first kappa shape index (κ1) is 12.4. The molecule has 12 heavy (non-hydrogen) atoms. The maximum Gasteiger partial charge on any atom is 0.00949 e. The van der Waals surface area contributed by atoms with E-state index in [9.17, 15) is 0 Å². The molecule has 0 aromatic heterocycles. The summed E-state index contributed by atoms with van der Waals surface area (Å²) in [4.78, 5) is 2.52. The minimum Gasteiger partial charge on any atom is -0.303 e. The molecule has 0 aromatic carbocycles. The fourth-order valence-corrected chi connectivity index (χ4v) is 1.49. The lowest BCUT2D eigenvalue weighted by Crippen LogP contribution is -2.35. The molecular formula is C10H22BrN. The lowest BCUT2D eigenvalue weighted by atomic mass is 9.96. The van der Waals surface area contributed by atoms with Gasteiger partial charge in [0.1, 0.15) is 0 Å². The number of hydrogen-bond donors (Lipinski definition) is 0. The molecule has 0 aliphatic carbocycles. The Bertz CT molecular complexity index is 112. The second-order valence-corrected chi connectivity index (χ2v) is 4.73. The number of nitrogens with zero attached hydrogens (tertiary/aromatic N) is 1. The van der Waals surface area contributed by atoms with Crippen molar-refractivity contribution in [3.63, 3.8) is 0 Å². The van der Waals surface area contributed by atoms with Gasteiger partial charge in [-0.05, 0) is 24.9 Å². The van der Waals surface area contributed by atoms with Crippen LogP contribution in [0.5, 0.6) is 0 Å². The largest absolute Gasteiger partial charge is 0.303 e. The number of rotatable bonds is 6. The lowest BCUT2D eigenvalue weighted by Gasteiger charge is -2.30. The van der Waals surface area contributed by atoms with Crippen LogP contribution in [0.3, 0.4) is 0 Å². The van der Waals surface area contributed by atoms with E-state index in [2.05, 4.69) is 48.5 Å². The molecule has 0 spiro atoms. The smallest absolute Gasteiger partial charge is 0.00949 e. The normalized spacial score (nSPS) is 12.5. The molecule has 0 radical (unpaired) electrons. The van der Waals surface area contributed by atoms with E-state index in [-0.39, 0.29) is 0 Å². The van der Waals surface area contributed by atoms with Crippen molar-refractivity contribution in [2.24, 2.45) is 5.41 Å². The fraction of sp³-hybridized carbons (Fsp3) is 1.00. The monoisotopic (exact) mass is 235 g/mol.